The first kappa shape index (κ1) is 20.1. The molecule has 1 aliphatic rings. The molecule has 0 aromatic heterocycles. The van der Waals surface area contributed by atoms with Gasteiger partial charge in [0, 0.05) is 19.1 Å². The summed E-state index contributed by atoms with van der Waals surface area (Å²) in [5.74, 6) is -1.50. The van der Waals surface area contributed by atoms with Crippen LogP contribution in [0.4, 0.5) is 17.6 Å². The first-order valence-electron chi connectivity index (χ1n) is 6.76. The highest BCUT2D eigenvalue weighted by Crippen LogP contribution is 2.34. The van der Waals surface area contributed by atoms with Crippen LogP contribution in [0.5, 0.6) is 0 Å². The van der Waals surface area contributed by atoms with E-state index in [1.54, 1.807) is 0 Å². The Hall–Kier alpha value is -0.900. The average Bonchev–Trinajstić information content (AvgIpc) is 2.46. The molecule has 1 aliphatic heterocycles. The van der Waals surface area contributed by atoms with E-state index in [2.05, 4.69) is 0 Å². The molecule has 1 unspecified atom stereocenters. The molecule has 1 heterocycles. The van der Waals surface area contributed by atoms with Crippen LogP contribution >= 0.6 is 12.4 Å². The molecule has 1 atom stereocenters. The molecule has 4 nitrogen and oxygen atoms in total. The van der Waals surface area contributed by atoms with Crippen molar-refractivity contribution < 1.29 is 26.0 Å². The maximum absolute atomic E-state index is 13.3. The number of halogens is 5. The predicted octanol–water partition coefficient (Wildman–Crippen LogP) is 2.77. The van der Waals surface area contributed by atoms with Crippen molar-refractivity contribution in [3.05, 3.63) is 29.6 Å². The van der Waals surface area contributed by atoms with E-state index in [9.17, 15) is 26.0 Å². The van der Waals surface area contributed by atoms with Crippen molar-refractivity contribution in [2.24, 2.45) is 5.73 Å². The third-order valence-corrected chi connectivity index (χ3v) is 5.64. The van der Waals surface area contributed by atoms with Crippen LogP contribution < -0.4 is 5.73 Å². The Labute approximate surface area is 138 Å². The predicted molar refractivity (Wildman–Crippen MR) is 79.2 cm³/mol. The highest BCUT2D eigenvalue weighted by molar-refractivity contribution is 7.89. The zero-order valence-corrected chi connectivity index (χ0v) is 13.6. The summed E-state index contributed by atoms with van der Waals surface area (Å²) in [5, 5.41) is 0. The van der Waals surface area contributed by atoms with Crippen LogP contribution in [0.25, 0.3) is 0 Å². The lowest BCUT2D eigenvalue weighted by Gasteiger charge is -2.34. The molecule has 10 heteroatoms. The minimum atomic E-state index is -4.95. The van der Waals surface area contributed by atoms with Crippen LogP contribution in [-0.2, 0) is 16.2 Å². The minimum absolute atomic E-state index is 0. The lowest BCUT2D eigenvalue weighted by molar-refractivity contribution is -0.140. The maximum atomic E-state index is 13.3. The summed E-state index contributed by atoms with van der Waals surface area (Å²) in [7, 11) is -4.14. The van der Waals surface area contributed by atoms with Crippen molar-refractivity contribution in [2.45, 2.75) is 36.4 Å². The minimum Gasteiger partial charge on any atom is -0.329 e. The summed E-state index contributed by atoms with van der Waals surface area (Å²) in [4.78, 5) is -0.568. The van der Waals surface area contributed by atoms with Crippen LogP contribution in [0.3, 0.4) is 0 Å². The van der Waals surface area contributed by atoms with Gasteiger partial charge in [0.05, 0.1) is 10.5 Å². The molecule has 2 rings (SSSR count). The van der Waals surface area contributed by atoms with Crippen LogP contribution in [-0.4, -0.2) is 31.9 Å². The van der Waals surface area contributed by atoms with Gasteiger partial charge in [0.25, 0.3) is 0 Å². The Kier molecular flexibility index (Phi) is 6.42. The number of alkyl halides is 3. The van der Waals surface area contributed by atoms with Crippen molar-refractivity contribution in [1.82, 2.24) is 4.31 Å². The third kappa shape index (κ3) is 4.14. The summed E-state index contributed by atoms with van der Waals surface area (Å²) in [5.41, 5.74) is 3.96. The van der Waals surface area contributed by atoms with Crippen LogP contribution in [0.1, 0.15) is 24.8 Å². The van der Waals surface area contributed by atoms with Crippen LogP contribution in [0, 0.1) is 5.82 Å². The summed E-state index contributed by atoms with van der Waals surface area (Å²) >= 11 is 0. The average molecular weight is 377 g/mol. The van der Waals surface area contributed by atoms with Crippen molar-refractivity contribution in [3.8, 4) is 0 Å². The van der Waals surface area contributed by atoms with Gasteiger partial charge in [0.2, 0.25) is 10.0 Å². The molecular formula is C13H17ClF4N2O2S. The SMILES string of the molecule is Cl.NCC1CCCCN1S(=O)(=O)c1ccc(F)c(C(F)(F)F)c1. The van der Waals surface area contributed by atoms with Gasteiger partial charge in [-0.3, -0.25) is 0 Å². The Morgan fingerprint density at radius 1 is 1.26 bits per heavy atom. The Morgan fingerprint density at radius 3 is 2.48 bits per heavy atom. The number of nitrogens with two attached hydrogens (primary N) is 1. The molecule has 23 heavy (non-hydrogen) atoms. The van der Waals surface area contributed by atoms with Gasteiger partial charge in [0.15, 0.2) is 0 Å². The Morgan fingerprint density at radius 2 is 1.91 bits per heavy atom. The fraction of sp³-hybridized carbons (Fsp3) is 0.538. The molecule has 132 valence electrons. The fourth-order valence-corrected chi connectivity index (χ4v) is 4.27. The zero-order chi connectivity index (χ0) is 16.5. The molecule has 1 fully saturated rings. The van der Waals surface area contributed by atoms with Crippen molar-refractivity contribution in [3.63, 3.8) is 0 Å². The summed E-state index contributed by atoms with van der Waals surface area (Å²) in [6.07, 6.45) is -2.97. The number of nitrogens with zero attached hydrogens (tertiary/aromatic N) is 1. The van der Waals surface area contributed by atoms with Gasteiger partial charge < -0.3 is 5.73 Å². The highest BCUT2D eigenvalue weighted by atomic mass is 35.5. The number of piperidine rings is 1. The molecule has 0 radical (unpaired) electrons. The quantitative estimate of drug-likeness (QED) is 0.825. The van der Waals surface area contributed by atoms with Crippen LogP contribution in [0.15, 0.2) is 23.1 Å². The molecular weight excluding hydrogens is 360 g/mol. The van der Waals surface area contributed by atoms with Gasteiger partial charge in [-0.15, -0.1) is 12.4 Å². The monoisotopic (exact) mass is 376 g/mol. The van der Waals surface area contributed by atoms with Gasteiger partial charge in [-0.25, -0.2) is 12.8 Å². The fourth-order valence-electron chi connectivity index (χ4n) is 2.54. The molecule has 0 aliphatic carbocycles. The molecule has 1 aromatic carbocycles. The van der Waals surface area contributed by atoms with E-state index in [1.165, 1.54) is 0 Å². The number of sulfonamides is 1. The first-order chi connectivity index (χ1) is 10.2. The molecule has 0 amide bonds. The van der Waals surface area contributed by atoms with Crippen molar-refractivity contribution >= 4 is 22.4 Å². The van der Waals surface area contributed by atoms with E-state index < -0.39 is 38.5 Å². The molecule has 2 N–H and O–H groups in total. The van der Waals surface area contributed by atoms with Crippen molar-refractivity contribution in [1.29, 1.82) is 0 Å². The third-order valence-electron chi connectivity index (χ3n) is 3.70. The molecule has 1 saturated heterocycles. The summed E-state index contributed by atoms with van der Waals surface area (Å²) in [6, 6.07) is 1.27. The van der Waals surface area contributed by atoms with E-state index in [0.29, 0.717) is 25.0 Å². The summed E-state index contributed by atoms with van der Waals surface area (Å²) in [6.45, 7) is 0.287. The Balaban J connectivity index is 0.00000264. The largest absolute Gasteiger partial charge is 0.419 e. The molecule has 0 saturated carbocycles. The first-order valence-corrected chi connectivity index (χ1v) is 8.20. The maximum Gasteiger partial charge on any atom is 0.419 e. The van der Waals surface area contributed by atoms with E-state index in [0.717, 1.165) is 16.8 Å². The lowest BCUT2D eigenvalue weighted by atomic mass is 10.1. The zero-order valence-electron chi connectivity index (χ0n) is 12.0. The second kappa shape index (κ2) is 7.33. The topological polar surface area (TPSA) is 63.4 Å². The second-order valence-corrected chi connectivity index (χ2v) is 7.03. The van der Waals surface area contributed by atoms with Crippen molar-refractivity contribution in [2.75, 3.05) is 13.1 Å². The summed E-state index contributed by atoms with van der Waals surface area (Å²) < 4.78 is 77.7. The number of hydrogen-bond donors (Lipinski definition) is 1. The van der Waals surface area contributed by atoms with E-state index in [1.807, 2.05) is 0 Å². The van der Waals surface area contributed by atoms with E-state index in [-0.39, 0.29) is 25.5 Å². The van der Waals surface area contributed by atoms with Gasteiger partial charge in [0.1, 0.15) is 5.82 Å². The number of rotatable bonds is 3. The van der Waals surface area contributed by atoms with Crippen LogP contribution in [0.2, 0.25) is 0 Å². The second-order valence-electron chi connectivity index (χ2n) is 5.14. The Bertz CT molecular complexity index is 652. The smallest absolute Gasteiger partial charge is 0.329 e. The lowest BCUT2D eigenvalue weighted by Crippen LogP contribution is -2.47. The molecule has 0 spiro atoms. The highest BCUT2D eigenvalue weighted by Gasteiger charge is 2.38. The van der Waals surface area contributed by atoms with Gasteiger partial charge >= 0.3 is 6.18 Å². The standard InChI is InChI=1S/C13H16F4N2O2S.ClH/c14-12-5-4-10(7-11(12)13(15,16)17)22(20,21)19-6-2-1-3-9(19)8-18;/h4-5,7,9H,1-3,6,8,18H2;1H. The molecule has 1 aromatic rings. The van der Waals surface area contributed by atoms with E-state index >= 15 is 0 Å². The van der Waals surface area contributed by atoms with Gasteiger partial charge in [-0.2, -0.15) is 17.5 Å². The van der Waals surface area contributed by atoms with Gasteiger partial charge in [-0.1, -0.05) is 6.42 Å². The molecule has 0 bridgehead atoms. The number of benzene rings is 1. The number of hydrogen-bond acceptors (Lipinski definition) is 3. The van der Waals surface area contributed by atoms with E-state index in [4.69, 9.17) is 5.73 Å². The normalized spacial score (nSPS) is 20.1. The van der Waals surface area contributed by atoms with Gasteiger partial charge in [-0.05, 0) is 31.0 Å².